The smallest absolute Gasteiger partial charge is 0.229 e. The molecule has 0 radical (unpaired) electrons. The zero-order valence-electron chi connectivity index (χ0n) is 20.0. The molecule has 36 heavy (non-hydrogen) atoms. The Bertz CT molecular complexity index is 1240. The third kappa shape index (κ3) is 6.70. The van der Waals surface area contributed by atoms with Crippen LogP contribution in [0.1, 0.15) is 29.5 Å². The first-order valence-corrected chi connectivity index (χ1v) is 12.0. The first-order chi connectivity index (χ1) is 17.5. The van der Waals surface area contributed by atoms with Crippen LogP contribution >= 0.6 is 0 Å². The number of hydrogen-bond acceptors (Lipinski definition) is 4. The van der Waals surface area contributed by atoms with E-state index >= 15 is 0 Å². The summed E-state index contributed by atoms with van der Waals surface area (Å²) >= 11 is 0. The highest BCUT2D eigenvalue weighted by atomic mass is 19.1. The second-order valence-electron chi connectivity index (χ2n) is 8.90. The van der Waals surface area contributed by atoms with Gasteiger partial charge in [-0.3, -0.25) is 9.59 Å². The Hall–Kier alpha value is -4.18. The molecule has 184 valence electrons. The van der Waals surface area contributed by atoms with Crippen molar-refractivity contribution in [1.29, 1.82) is 5.26 Å². The average molecular weight is 486 g/mol. The lowest BCUT2D eigenvalue weighted by Crippen LogP contribution is -2.44. The molecule has 2 amide bonds. The molecule has 1 N–H and O–H groups in total. The van der Waals surface area contributed by atoms with Gasteiger partial charge in [0, 0.05) is 24.3 Å². The lowest BCUT2D eigenvalue weighted by atomic mass is 9.96. The molecule has 3 aromatic carbocycles. The number of hydrogen-bond donors (Lipinski definition) is 1. The van der Waals surface area contributed by atoms with Crippen LogP contribution in [0.3, 0.4) is 0 Å². The predicted molar refractivity (Wildman–Crippen MR) is 135 cm³/mol. The van der Waals surface area contributed by atoms with Gasteiger partial charge in [-0.25, -0.2) is 4.39 Å². The number of carbonyl (C=O) groups is 2. The molecule has 0 aliphatic carbocycles. The lowest BCUT2D eigenvalue weighted by Gasteiger charge is -2.32. The number of nitriles is 1. The van der Waals surface area contributed by atoms with Crippen LogP contribution in [0.2, 0.25) is 0 Å². The summed E-state index contributed by atoms with van der Waals surface area (Å²) in [5, 5.41) is 11.8. The van der Waals surface area contributed by atoms with Gasteiger partial charge in [0.25, 0.3) is 0 Å². The Labute approximate surface area is 210 Å². The number of halogens is 1. The Balaban J connectivity index is 1.34. The number of para-hydroxylation sites is 1. The normalized spacial score (nSPS) is 15.1. The van der Waals surface area contributed by atoms with Crippen molar-refractivity contribution < 1.29 is 18.7 Å². The van der Waals surface area contributed by atoms with Crippen LogP contribution in [0, 0.1) is 23.1 Å². The molecule has 1 atom stereocenters. The van der Waals surface area contributed by atoms with Gasteiger partial charge in [0.1, 0.15) is 18.2 Å². The van der Waals surface area contributed by atoms with E-state index < -0.39 is 0 Å². The van der Waals surface area contributed by atoms with Crippen LogP contribution in [-0.4, -0.2) is 29.8 Å². The molecule has 1 aliphatic heterocycles. The fourth-order valence-corrected chi connectivity index (χ4v) is 4.27. The summed E-state index contributed by atoms with van der Waals surface area (Å²) in [6.07, 6.45) is 2.00. The number of ether oxygens (including phenoxy) is 1. The van der Waals surface area contributed by atoms with Crippen molar-refractivity contribution in [3.63, 3.8) is 0 Å². The van der Waals surface area contributed by atoms with Crippen molar-refractivity contribution in [3.05, 3.63) is 95.3 Å². The highest BCUT2D eigenvalue weighted by Crippen LogP contribution is 2.23. The molecule has 3 aromatic rings. The van der Waals surface area contributed by atoms with Gasteiger partial charge in [0.05, 0.1) is 24.8 Å². The van der Waals surface area contributed by atoms with Gasteiger partial charge in [-0.2, -0.15) is 5.26 Å². The van der Waals surface area contributed by atoms with Crippen molar-refractivity contribution in [1.82, 2.24) is 4.90 Å². The van der Waals surface area contributed by atoms with Crippen LogP contribution in [0.15, 0.2) is 72.8 Å². The quantitative estimate of drug-likeness (QED) is 0.493. The monoisotopic (exact) mass is 485 g/mol. The molecule has 0 aromatic heterocycles. The largest absolute Gasteiger partial charge is 0.489 e. The summed E-state index contributed by atoms with van der Waals surface area (Å²) in [4.78, 5) is 27.6. The maximum atomic E-state index is 13.1. The van der Waals surface area contributed by atoms with E-state index in [-0.39, 0.29) is 36.6 Å². The summed E-state index contributed by atoms with van der Waals surface area (Å²) < 4.78 is 19.0. The van der Waals surface area contributed by atoms with E-state index in [2.05, 4.69) is 11.4 Å². The summed E-state index contributed by atoms with van der Waals surface area (Å²) in [5.41, 5.74) is 3.20. The number of nitrogens with one attached hydrogen (secondary N) is 1. The fraction of sp³-hybridized carbons (Fsp3) is 0.276. The van der Waals surface area contributed by atoms with Crippen molar-refractivity contribution >= 4 is 17.5 Å². The van der Waals surface area contributed by atoms with Crippen molar-refractivity contribution in [2.24, 2.45) is 5.92 Å². The van der Waals surface area contributed by atoms with E-state index in [0.717, 1.165) is 23.1 Å². The van der Waals surface area contributed by atoms with Gasteiger partial charge >= 0.3 is 0 Å². The van der Waals surface area contributed by atoms with E-state index in [4.69, 9.17) is 10.00 Å². The van der Waals surface area contributed by atoms with Crippen molar-refractivity contribution in [2.75, 3.05) is 18.4 Å². The highest BCUT2D eigenvalue weighted by Gasteiger charge is 2.28. The highest BCUT2D eigenvalue weighted by molar-refractivity contribution is 5.94. The minimum Gasteiger partial charge on any atom is -0.489 e. The standard InChI is InChI=1S/C29H28FN3O3/c30-25-11-7-22(8-12-25)18-28(34)33-17-3-5-23(19-33)29(35)32-27-6-2-1-4-24(27)20-36-26-13-9-21(10-14-26)15-16-31/h1-2,4,6-14,23H,3,5,15,17-20H2,(H,32,35). The van der Waals surface area contributed by atoms with Crippen LogP contribution in [0.4, 0.5) is 10.1 Å². The van der Waals surface area contributed by atoms with Crippen LogP contribution in [-0.2, 0) is 29.0 Å². The number of piperidine rings is 1. The van der Waals surface area contributed by atoms with Gasteiger partial charge in [-0.1, -0.05) is 42.5 Å². The van der Waals surface area contributed by atoms with Gasteiger partial charge in [0.15, 0.2) is 0 Å². The summed E-state index contributed by atoms with van der Waals surface area (Å²) in [7, 11) is 0. The zero-order valence-corrected chi connectivity index (χ0v) is 20.0. The maximum Gasteiger partial charge on any atom is 0.229 e. The molecule has 0 bridgehead atoms. The summed E-state index contributed by atoms with van der Waals surface area (Å²) in [5.74, 6) is -0.144. The number of carbonyl (C=O) groups excluding carboxylic acids is 2. The molecule has 4 rings (SSSR count). The van der Waals surface area contributed by atoms with Crippen LogP contribution in [0.5, 0.6) is 5.75 Å². The average Bonchev–Trinajstić information content (AvgIpc) is 2.90. The number of nitrogens with zero attached hydrogens (tertiary/aromatic N) is 2. The Morgan fingerprint density at radius 2 is 1.75 bits per heavy atom. The molecule has 1 fully saturated rings. The Morgan fingerprint density at radius 3 is 2.50 bits per heavy atom. The number of likely N-dealkylation sites (tertiary alicyclic amines) is 1. The molecule has 1 unspecified atom stereocenters. The van der Waals surface area contributed by atoms with E-state index in [1.165, 1.54) is 12.1 Å². The first kappa shape index (κ1) is 24.9. The first-order valence-electron chi connectivity index (χ1n) is 12.0. The molecule has 6 nitrogen and oxygen atoms in total. The second kappa shape index (κ2) is 12.0. The van der Waals surface area contributed by atoms with Crippen LogP contribution in [0.25, 0.3) is 0 Å². The summed E-state index contributed by atoms with van der Waals surface area (Å²) in [6, 6.07) is 22.9. The summed E-state index contributed by atoms with van der Waals surface area (Å²) in [6.45, 7) is 1.25. The Kier molecular flexibility index (Phi) is 8.30. The maximum absolute atomic E-state index is 13.1. The van der Waals surface area contributed by atoms with Crippen LogP contribution < -0.4 is 10.1 Å². The lowest BCUT2D eigenvalue weighted by molar-refractivity contribution is -0.133. The van der Waals surface area contributed by atoms with Gasteiger partial charge < -0.3 is 15.0 Å². The predicted octanol–water partition coefficient (Wildman–Crippen LogP) is 4.89. The fourth-order valence-electron chi connectivity index (χ4n) is 4.27. The molecule has 1 aliphatic rings. The second-order valence-corrected chi connectivity index (χ2v) is 8.90. The molecular formula is C29H28FN3O3. The topological polar surface area (TPSA) is 82.4 Å². The Morgan fingerprint density at radius 1 is 1.03 bits per heavy atom. The van der Waals surface area contributed by atoms with Gasteiger partial charge in [0.2, 0.25) is 11.8 Å². The number of rotatable bonds is 8. The number of amides is 2. The van der Waals surface area contributed by atoms with Crippen molar-refractivity contribution in [3.8, 4) is 11.8 Å². The number of benzene rings is 3. The van der Waals surface area contributed by atoms with Gasteiger partial charge in [-0.05, 0) is 54.3 Å². The third-order valence-electron chi connectivity index (χ3n) is 6.29. The number of anilines is 1. The molecule has 1 saturated heterocycles. The molecule has 7 heteroatoms. The molecule has 0 saturated carbocycles. The molecule has 1 heterocycles. The minimum atomic E-state index is -0.333. The van der Waals surface area contributed by atoms with E-state index in [0.29, 0.717) is 37.4 Å². The van der Waals surface area contributed by atoms with E-state index in [1.54, 1.807) is 17.0 Å². The minimum absolute atomic E-state index is 0.0614. The SMILES string of the molecule is N#CCc1ccc(OCc2ccccc2NC(=O)C2CCCN(C(=O)Cc3ccc(F)cc3)C2)cc1. The van der Waals surface area contributed by atoms with Crippen molar-refractivity contribution in [2.45, 2.75) is 32.3 Å². The van der Waals surface area contributed by atoms with E-state index in [9.17, 15) is 14.0 Å². The third-order valence-corrected chi connectivity index (χ3v) is 6.29. The molecule has 0 spiro atoms. The van der Waals surface area contributed by atoms with Gasteiger partial charge in [-0.15, -0.1) is 0 Å². The van der Waals surface area contributed by atoms with E-state index in [1.807, 2.05) is 48.5 Å². The zero-order chi connectivity index (χ0) is 25.3. The molecular weight excluding hydrogens is 457 g/mol.